The van der Waals surface area contributed by atoms with E-state index in [0.717, 1.165) is 14.7 Å². The molecule has 1 aliphatic rings. The zero-order chi connectivity index (χ0) is 22.5. The standard InChI is InChI=1S/C23H23ClINO3S2/c1-4-28-19-10-15(11-20-22(27)26(12-14(2)3)23(30)31-20)9-18(25)21(19)29-13-16-7-5-6-8-17(16)24/h5-11,14H,4,12-13H2,1-3H3/b20-11-. The summed E-state index contributed by atoms with van der Waals surface area (Å²) in [7, 11) is 0. The number of nitrogens with zero attached hydrogens (tertiary/aromatic N) is 1. The third-order valence-corrected chi connectivity index (χ3v) is 6.93. The van der Waals surface area contributed by atoms with Crippen LogP contribution in [0.25, 0.3) is 6.08 Å². The van der Waals surface area contributed by atoms with Crippen LogP contribution in [0.4, 0.5) is 0 Å². The minimum absolute atomic E-state index is 0.0456. The van der Waals surface area contributed by atoms with E-state index in [0.29, 0.717) is 51.4 Å². The van der Waals surface area contributed by atoms with E-state index < -0.39 is 0 Å². The third kappa shape index (κ3) is 6.15. The predicted octanol–water partition coefficient (Wildman–Crippen LogP) is 6.78. The highest BCUT2D eigenvalue weighted by atomic mass is 127. The summed E-state index contributed by atoms with van der Waals surface area (Å²) in [6.45, 7) is 7.52. The van der Waals surface area contributed by atoms with E-state index in [1.807, 2.05) is 49.4 Å². The largest absolute Gasteiger partial charge is 0.490 e. The lowest BCUT2D eigenvalue weighted by Gasteiger charge is -2.16. The number of ether oxygens (including phenoxy) is 2. The van der Waals surface area contributed by atoms with E-state index in [9.17, 15) is 4.79 Å². The van der Waals surface area contributed by atoms with Crippen LogP contribution in [-0.2, 0) is 11.4 Å². The van der Waals surface area contributed by atoms with Crippen LogP contribution in [0.5, 0.6) is 11.5 Å². The Hall–Kier alpha value is -1.29. The van der Waals surface area contributed by atoms with Crippen molar-refractivity contribution in [1.82, 2.24) is 4.90 Å². The van der Waals surface area contributed by atoms with Crippen molar-refractivity contribution < 1.29 is 14.3 Å². The van der Waals surface area contributed by atoms with Crippen LogP contribution < -0.4 is 9.47 Å². The molecule has 1 heterocycles. The van der Waals surface area contributed by atoms with Gasteiger partial charge in [-0.2, -0.15) is 0 Å². The molecular weight excluding hydrogens is 565 g/mol. The Morgan fingerprint density at radius 1 is 1.26 bits per heavy atom. The van der Waals surface area contributed by atoms with Crippen molar-refractivity contribution in [3.8, 4) is 11.5 Å². The molecule has 0 atom stereocenters. The Labute approximate surface area is 211 Å². The van der Waals surface area contributed by atoms with Gasteiger partial charge in [0, 0.05) is 17.1 Å². The Morgan fingerprint density at radius 3 is 2.68 bits per heavy atom. The molecule has 2 aromatic rings. The second-order valence-corrected chi connectivity index (χ2v) is 10.6. The van der Waals surface area contributed by atoms with Gasteiger partial charge < -0.3 is 9.47 Å². The predicted molar refractivity (Wildman–Crippen MR) is 141 cm³/mol. The van der Waals surface area contributed by atoms with Crippen LogP contribution in [0.2, 0.25) is 5.02 Å². The summed E-state index contributed by atoms with van der Waals surface area (Å²) in [5.41, 5.74) is 1.77. The van der Waals surface area contributed by atoms with Crippen molar-refractivity contribution in [2.45, 2.75) is 27.4 Å². The summed E-state index contributed by atoms with van der Waals surface area (Å²) in [4.78, 5) is 15.1. The number of thioether (sulfide) groups is 1. The lowest BCUT2D eigenvalue weighted by molar-refractivity contribution is -0.122. The molecule has 0 bridgehead atoms. The van der Waals surface area contributed by atoms with Gasteiger partial charge in [0.25, 0.3) is 5.91 Å². The van der Waals surface area contributed by atoms with Crippen molar-refractivity contribution >= 4 is 74.5 Å². The molecule has 1 amide bonds. The molecule has 0 saturated carbocycles. The first-order chi connectivity index (χ1) is 14.8. The van der Waals surface area contributed by atoms with Crippen molar-refractivity contribution in [3.63, 3.8) is 0 Å². The smallest absolute Gasteiger partial charge is 0.266 e. The van der Waals surface area contributed by atoms with Gasteiger partial charge in [-0.15, -0.1) is 0 Å². The lowest BCUT2D eigenvalue weighted by atomic mass is 10.1. The molecule has 31 heavy (non-hydrogen) atoms. The third-order valence-electron chi connectivity index (χ3n) is 4.38. The van der Waals surface area contributed by atoms with Crippen molar-refractivity contribution in [2.75, 3.05) is 13.2 Å². The van der Waals surface area contributed by atoms with Gasteiger partial charge in [0.2, 0.25) is 0 Å². The van der Waals surface area contributed by atoms with Crippen molar-refractivity contribution in [3.05, 3.63) is 61.0 Å². The number of hydrogen-bond acceptors (Lipinski definition) is 5. The summed E-state index contributed by atoms with van der Waals surface area (Å²) < 4.78 is 13.4. The first-order valence-corrected chi connectivity index (χ1v) is 12.6. The molecule has 8 heteroatoms. The second-order valence-electron chi connectivity index (χ2n) is 7.33. The molecule has 2 aromatic carbocycles. The van der Waals surface area contributed by atoms with Crippen LogP contribution in [0.3, 0.4) is 0 Å². The van der Waals surface area contributed by atoms with Gasteiger partial charge in [-0.3, -0.25) is 9.69 Å². The maximum atomic E-state index is 12.8. The number of benzene rings is 2. The fourth-order valence-electron chi connectivity index (χ4n) is 3.01. The van der Waals surface area contributed by atoms with Gasteiger partial charge in [-0.25, -0.2) is 0 Å². The topological polar surface area (TPSA) is 38.8 Å². The summed E-state index contributed by atoms with van der Waals surface area (Å²) in [5.74, 6) is 1.59. The number of halogens is 2. The van der Waals surface area contributed by atoms with E-state index in [2.05, 4.69) is 36.4 Å². The maximum absolute atomic E-state index is 12.8. The van der Waals surface area contributed by atoms with E-state index in [1.54, 1.807) is 4.90 Å². The average Bonchev–Trinajstić information content (AvgIpc) is 2.96. The van der Waals surface area contributed by atoms with Gasteiger partial charge in [0.15, 0.2) is 11.5 Å². The molecule has 0 aliphatic carbocycles. The molecule has 164 valence electrons. The highest BCUT2D eigenvalue weighted by molar-refractivity contribution is 14.1. The van der Waals surface area contributed by atoms with Crippen LogP contribution in [0, 0.1) is 9.49 Å². The number of carbonyl (C=O) groups excluding carboxylic acids is 1. The molecule has 3 rings (SSSR count). The van der Waals surface area contributed by atoms with Gasteiger partial charge in [-0.1, -0.05) is 67.6 Å². The molecule has 0 spiro atoms. The molecule has 1 fully saturated rings. The van der Waals surface area contributed by atoms with Crippen LogP contribution in [-0.4, -0.2) is 28.3 Å². The number of thiocarbonyl (C=S) groups is 1. The zero-order valence-electron chi connectivity index (χ0n) is 17.5. The molecule has 1 aliphatic heterocycles. The SMILES string of the molecule is CCOc1cc(/C=C2\SC(=S)N(CC(C)C)C2=O)cc(I)c1OCc1ccccc1Cl. The molecule has 0 aromatic heterocycles. The van der Waals surface area contributed by atoms with E-state index in [1.165, 1.54) is 11.8 Å². The van der Waals surface area contributed by atoms with Gasteiger partial charge in [0.1, 0.15) is 10.9 Å². The molecule has 4 nitrogen and oxygen atoms in total. The lowest BCUT2D eigenvalue weighted by Crippen LogP contribution is -2.31. The monoisotopic (exact) mass is 587 g/mol. The average molecular weight is 588 g/mol. The number of carbonyl (C=O) groups is 1. The van der Waals surface area contributed by atoms with E-state index in [-0.39, 0.29) is 5.91 Å². The molecule has 0 radical (unpaired) electrons. The normalized spacial score (nSPS) is 15.3. The van der Waals surface area contributed by atoms with Crippen LogP contribution in [0.1, 0.15) is 31.9 Å². The first kappa shape index (κ1) is 24.4. The number of rotatable bonds is 8. The molecule has 0 N–H and O–H groups in total. The van der Waals surface area contributed by atoms with Crippen LogP contribution in [0.15, 0.2) is 41.3 Å². The summed E-state index contributed by atoms with van der Waals surface area (Å²) in [6.07, 6.45) is 1.86. The van der Waals surface area contributed by atoms with E-state index >= 15 is 0 Å². The van der Waals surface area contributed by atoms with Gasteiger partial charge >= 0.3 is 0 Å². The summed E-state index contributed by atoms with van der Waals surface area (Å²) in [6, 6.07) is 11.5. The van der Waals surface area contributed by atoms with E-state index in [4.69, 9.17) is 33.3 Å². The summed E-state index contributed by atoms with van der Waals surface area (Å²) in [5, 5.41) is 0.663. The first-order valence-electron chi connectivity index (χ1n) is 9.88. The number of hydrogen-bond donors (Lipinski definition) is 0. The highest BCUT2D eigenvalue weighted by Crippen LogP contribution is 2.38. The number of amides is 1. The Bertz CT molecular complexity index is 1030. The fraction of sp³-hybridized carbons (Fsp3) is 0.304. The Balaban J connectivity index is 1.86. The zero-order valence-corrected chi connectivity index (χ0v) is 22.0. The Morgan fingerprint density at radius 2 is 2.00 bits per heavy atom. The fourth-order valence-corrected chi connectivity index (χ4v) is 5.26. The quantitative estimate of drug-likeness (QED) is 0.193. The van der Waals surface area contributed by atoms with Crippen molar-refractivity contribution in [1.29, 1.82) is 0 Å². The van der Waals surface area contributed by atoms with Gasteiger partial charge in [-0.05, 0) is 65.3 Å². The Kier molecular flexibility index (Phi) is 8.66. The van der Waals surface area contributed by atoms with Gasteiger partial charge in [0.05, 0.1) is 15.1 Å². The minimum atomic E-state index is -0.0456. The molecule has 1 saturated heterocycles. The molecule has 0 unspecified atom stereocenters. The highest BCUT2D eigenvalue weighted by Gasteiger charge is 2.32. The summed E-state index contributed by atoms with van der Waals surface area (Å²) >= 11 is 15.2. The molecular formula is C23H23ClINO3S2. The second kappa shape index (κ2) is 11.0. The van der Waals surface area contributed by atoms with Crippen LogP contribution >= 0.6 is 58.2 Å². The maximum Gasteiger partial charge on any atom is 0.266 e. The van der Waals surface area contributed by atoms with Crippen molar-refractivity contribution in [2.24, 2.45) is 5.92 Å². The minimum Gasteiger partial charge on any atom is -0.490 e.